The van der Waals surface area contributed by atoms with Gasteiger partial charge >= 0.3 is 0 Å². The zero-order valence-electron chi connectivity index (χ0n) is 9.74. The molecule has 0 heterocycles. The van der Waals surface area contributed by atoms with Gasteiger partial charge in [-0.15, -0.1) is 0 Å². The Labute approximate surface area is 93.5 Å². The zero-order valence-corrected chi connectivity index (χ0v) is 9.74. The molecule has 0 aliphatic rings. The largest absolute Gasteiger partial charge is 0.385 e. The minimum absolute atomic E-state index is 0.915. The van der Waals surface area contributed by atoms with Crippen molar-refractivity contribution < 1.29 is 4.74 Å². The van der Waals surface area contributed by atoms with E-state index in [0.29, 0.717) is 0 Å². The first kappa shape index (κ1) is 12.3. The Morgan fingerprint density at radius 3 is 2.27 bits per heavy atom. The van der Waals surface area contributed by atoms with Crippen molar-refractivity contribution in [1.29, 1.82) is 0 Å². The van der Waals surface area contributed by atoms with E-state index in [9.17, 15) is 0 Å². The van der Waals surface area contributed by atoms with E-state index >= 15 is 0 Å². The van der Waals surface area contributed by atoms with Crippen LogP contribution in [0.15, 0.2) is 30.3 Å². The maximum Gasteiger partial charge on any atom is 0.0462 e. The van der Waals surface area contributed by atoms with Crippen LogP contribution < -0.4 is 0 Å². The SMILES string of the molecule is COCCCCCCCc1ccccc1. The van der Waals surface area contributed by atoms with E-state index in [2.05, 4.69) is 30.3 Å². The normalized spacial score (nSPS) is 10.5. The zero-order chi connectivity index (χ0) is 10.8. The summed E-state index contributed by atoms with van der Waals surface area (Å²) in [6, 6.07) is 10.7. The average Bonchev–Trinajstić information content (AvgIpc) is 2.29. The Bertz CT molecular complexity index is 230. The maximum absolute atomic E-state index is 5.02. The van der Waals surface area contributed by atoms with Crippen molar-refractivity contribution >= 4 is 0 Å². The molecule has 0 atom stereocenters. The first-order valence-corrected chi connectivity index (χ1v) is 5.96. The van der Waals surface area contributed by atoms with E-state index in [4.69, 9.17) is 4.74 Å². The predicted molar refractivity (Wildman–Crippen MR) is 65.1 cm³/mol. The van der Waals surface area contributed by atoms with Gasteiger partial charge < -0.3 is 4.74 Å². The minimum atomic E-state index is 0.915. The van der Waals surface area contributed by atoms with Crippen molar-refractivity contribution in [1.82, 2.24) is 0 Å². The van der Waals surface area contributed by atoms with Crippen LogP contribution in [0, 0.1) is 0 Å². The van der Waals surface area contributed by atoms with Crippen LogP contribution in [-0.2, 0) is 11.2 Å². The minimum Gasteiger partial charge on any atom is -0.385 e. The number of rotatable bonds is 8. The van der Waals surface area contributed by atoms with Crippen molar-refractivity contribution in [2.45, 2.75) is 38.5 Å². The Hall–Kier alpha value is -0.820. The van der Waals surface area contributed by atoms with Crippen LogP contribution in [0.4, 0.5) is 0 Å². The second kappa shape index (κ2) is 8.49. The summed E-state index contributed by atoms with van der Waals surface area (Å²) in [5, 5.41) is 0. The van der Waals surface area contributed by atoms with Gasteiger partial charge in [-0.1, -0.05) is 49.6 Å². The Morgan fingerprint density at radius 1 is 0.867 bits per heavy atom. The van der Waals surface area contributed by atoms with Crippen LogP contribution in [0.25, 0.3) is 0 Å². The fourth-order valence-electron chi connectivity index (χ4n) is 1.75. The van der Waals surface area contributed by atoms with Gasteiger partial charge in [-0.2, -0.15) is 0 Å². The van der Waals surface area contributed by atoms with E-state index in [-0.39, 0.29) is 0 Å². The summed E-state index contributed by atoms with van der Waals surface area (Å²) in [6.07, 6.45) is 7.75. The summed E-state index contributed by atoms with van der Waals surface area (Å²) in [5.41, 5.74) is 1.47. The van der Waals surface area contributed by atoms with Gasteiger partial charge in [0.1, 0.15) is 0 Å². The Kier molecular flexibility index (Phi) is 6.93. The molecule has 1 heteroatoms. The van der Waals surface area contributed by atoms with Crippen LogP contribution in [0.1, 0.15) is 37.7 Å². The average molecular weight is 206 g/mol. The molecule has 0 radical (unpaired) electrons. The van der Waals surface area contributed by atoms with E-state index < -0.39 is 0 Å². The lowest BCUT2D eigenvalue weighted by molar-refractivity contribution is 0.192. The lowest BCUT2D eigenvalue weighted by Gasteiger charge is -2.02. The number of hydrogen-bond donors (Lipinski definition) is 0. The fourth-order valence-corrected chi connectivity index (χ4v) is 1.75. The molecular formula is C14H22O. The molecule has 0 N–H and O–H groups in total. The second-order valence-corrected chi connectivity index (χ2v) is 4.00. The van der Waals surface area contributed by atoms with Gasteiger partial charge in [0.15, 0.2) is 0 Å². The van der Waals surface area contributed by atoms with Crippen LogP contribution in [-0.4, -0.2) is 13.7 Å². The van der Waals surface area contributed by atoms with E-state index in [1.54, 1.807) is 7.11 Å². The van der Waals surface area contributed by atoms with Crippen LogP contribution >= 0.6 is 0 Å². The van der Waals surface area contributed by atoms with Gasteiger partial charge in [0.25, 0.3) is 0 Å². The summed E-state index contributed by atoms with van der Waals surface area (Å²) in [6.45, 7) is 0.915. The molecule has 0 bridgehead atoms. The topological polar surface area (TPSA) is 9.23 Å². The lowest BCUT2D eigenvalue weighted by atomic mass is 10.1. The summed E-state index contributed by atoms with van der Waals surface area (Å²) in [7, 11) is 1.77. The molecule has 0 aliphatic heterocycles. The molecular weight excluding hydrogens is 184 g/mol. The van der Waals surface area contributed by atoms with Gasteiger partial charge in [0, 0.05) is 13.7 Å². The highest BCUT2D eigenvalue weighted by molar-refractivity contribution is 5.14. The maximum atomic E-state index is 5.02. The third-order valence-electron chi connectivity index (χ3n) is 2.66. The molecule has 0 unspecified atom stereocenters. The third-order valence-corrected chi connectivity index (χ3v) is 2.66. The van der Waals surface area contributed by atoms with Gasteiger partial charge in [0.2, 0.25) is 0 Å². The van der Waals surface area contributed by atoms with Crippen molar-refractivity contribution in [3.8, 4) is 0 Å². The Morgan fingerprint density at radius 2 is 1.53 bits per heavy atom. The monoisotopic (exact) mass is 206 g/mol. The first-order valence-electron chi connectivity index (χ1n) is 5.96. The molecule has 0 aliphatic carbocycles. The van der Waals surface area contributed by atoms with Gasteiger partial charge in [0.05, 0.1) is 0 Å². The smallest absolute Gasteiger partial charge is 0.0462 e. The van der Waals surface area contributed by atoms with Crippen molar-refractivity contribution in [3.05, 3.63) is 35.9 Å². The highest BCUT2D eigenvalue weighted by atomic mass is 16.5. The number of aryl methyl sites for hydroxylation is 1. The summed E-state index contributed by atoms with van der Waals surface area (Å²) in [4.78, 5) is 0. The molecule has 84 valence electrons. The van der Waals surface area contributed by atoms with E-state index in [1.807, 2.05) is 0 Å². The van der Waals surface area contributed by atoms with Crippen LogP contribution in [0.3, 0.4) is 0 Å². The number of ether oxygens (including phenoxy) is 1. The Balaban J connectivity index is 1.93. The fraction of sp³-hybridized carbons (Fsp3) is 0.571. The molecule has 0 saturated carbocycles. The van der Waals surface area contributed by atoms with Gasteiger partial charge in [-0.25, -0.2) is 0 Å². The second-order valence-electron chi connectivity index (χ2n) is 4.00. The standard InChI is InChI=1S/C14H22O/c1-15-13-9-4-2-3-6-10-14-11-7-5-8-12-14/h5,7-8,11-12H,2-4,6,9-10,13H2,1H3. The quantitative estimate of drug-likeness (QED) is 0.587. The number of hydrogen-bond acceptors (Lipinski definition) is 1. The van der Waals surface area contributed by atoms with Crippen molar-refractivity contribution in [3.63, 3.8) is 0 Å². The highest BCUT2D eigenvalue weighted by Gasteiger charge is 1.93. The predicted octanol–water partition coefficient (Wildman–Crippen LogP) is 3.83. The first-order chi connectivity index (χ1) is 7.43. The molecule has 1 aromatic carbocycles. The molecule has 1 nitrogen and oxygen atoms in total. The van der Waals surface area contributed by atoms with E-state index in [0.717, 1.165) is 6.61 Å². The molecule has 1 aromatic rings. The van der Waals surface area contributed by atoms with Gasteiger partial charge in [-0.3, -0.25) is 0 Å². The van der Waals surface area contributed by atoms with E-state index in [1.165, 1.54) is 44.1 Å². The van der Waals surface area contributed by atoms with Crippen LogP contribution in [0.2, 0.25) is 0 Å². The summed E-state index contributed by atoms with van der Waals surface area (Å²) in [5.74, 6) is 0. The van der Waals surface area contributed by atoms with Gasteiger partial charge in [-0.05, 0) is 24.8 Å². The summed E-state index contributed by atoms with van der Waals surface area (Å²) >= 11 is 0. The molecule has 0 spiro atoms. The molecule has 0 fully saturated rings. The van der Waals surface area contributed by atoms with Crippen molar-refractivity contribution in [2.75, 3.05) is 13.7 Å². The molecule has 1 rings (SSSR count). The number of benzene rings is 1. The third kappa shape index (κ3) is 6.29. The molecule has 0 aromatic heterocycles. The highest BCUT2D eigenvalue weighted by Crippen LogP contribution is 2.08. The number of methoxy groups -OCH3 is 1. The number of unbranched alkanes of at least 4 members (excludes halogenated alkanes) is 4. The van der Waals surface area contributed by atoms with Crippen LogP contribution in [0.5, 0.6) is 0 Å². The molecule has 0 amide bonds. The molecule has 0 saturated heterocycles. The van der Waals surface area contributed by atoms with Crippen molar-refractivity contribution in [2.24, 2.45) is 0 Å². The molecule has 15 heavy (non-hydrogen) atoms. The summed E-state index contributed by atoms with van der Waals surface area (Å²) < 4.78 is 5.02. The lowest BCUT2D eigenvalue weighted by Crippen LogP contribution is -1.89.